The summed E-state index contributed by atoms with van der Waals surface area (Å²) in [5.41, 5.74) is 2.38. The van der Waals surface area contributed by atoms with Gasteiger partial charge in [0.2, 0.25) is 0 Å². The van der Waals surface area contributed by atoms with Crippen molar-refractivity contribution in [1.82, 2.24) is 34.2 Å². The maximum atomic E-state index is 12.7. The molecule has 1 amide bonds. The van der Waals surface area contributed by atoms with Crippen molar-refractivity contribution < 1.29 is 4.79 Å². The molecule has 1 saturated heterocycles. The van der Waals surface area contributed by atoms with Gasteiger partial charge >= 0.3 is 0 Å². The Balaban J connectivity index is 1.41. The fourth-order valence-corrected chi connectivity index (χ4v) is 3.07. The summed E-state index contributed by atoms with van der Waals surface area (Å²) < 4.78 is 3.44. The molecule has 0 bridgehead atoms. The molecule has 8 nitrogen and oxygen atoms in total. The molecule has 0 radical (unpaired) electrons. The van der Waals surface area contributed by atoms with Crippen molar-refractivity contribution in [3.63, 3.8) is 0 Å². The fraction of sp³-hybridized carbons (Fsp3) is 0.375. The van der Waals surface area contributed by atoms with Crippen LogP contribution in [0.4, 0.5) is 0 Å². The van der Waals surface area contributed by atoms with E-state index in [-0.39, 0.29) is 5.91 Å². The van der Waals surface area contributed by atoms with E-state index >= 15 is 0 Å². The van der Waals surface area contributed by atoms with Gasteiger partial charge in [-0.2, -0.15) is 10.2 Å². The number of carbonyl (C=O) groups is 1. The molecule has 0 aromatic carbocycles. The first-order chi connectivity index (χ1) is 11.7. The van der Waals surface area contributed by atoms with Crippen molar-refractivity contribution in [1.29, 1.82) is 0 Å². The Morgan fingerprint density at radius 1 is 1.17 bits per heavy atom. The van der Waals surface area contributed by atoms with Crippen LogP contribution in [0.1, 0.15) is 15.9 Å². The molecule has 8 heteroatoms. The summed E-state index contributed by atoms with van der Waals surface area (Å²) in [4.78, 5) is 21.2. The first-order valence-corrected chi connectivity index (χ1v) is 7.98. The Labute approximate surface area is 139 Å². The second-order valence-corrected chi connectivity index (χ2v) is 6.04. The zero-order valence-electron chi connectivity index (χ0n) is 13.5. The molecular formula is C16H19N7O. The normalized spacial score (nSPS) is 16.0. The molecule has 124 valence electrons. The predicted octanol–water partition coefficient (Wildman–Crippen LogP) is 0.421. The van der Waals surface area contributed by atoms with E-state index in [9.17, 15) is 4.79 Å². The number of hydrogen-bond acceptors (Lipinski definition) is 5. The molecule has 3 aromatic heterocycles. The van der Waals surface area contributed by atoms with Crippen molar-refractivity contribution >= 4 is 11.6 Å². The molecule has 0 aliphatic carbocycles. The highest BCUT2D eigenvalue weighted by molar-refractivity contribution is 5.99. The number of nitrogens with zero attached hydrogens (tertiary/aromatic N) is 7. The van der Waals surface area contributed by atoms with Gasteiger partial charge in [-0.15, -0.1) is 0 Å². The van der Waals surface area contributed by atoms with Crippen LogP contribution in [0.15, 0.2) is 37.1 Å². The fourth-order valence-electron chi connectivity index (χ4n) is 3.07. The monoisotopic (exact) mass is 325 g/mol. The quantitative estimate of drug-likeness (QED) is 0.698. The third-order valence-electron chi connectivity index (χ3n) is 4.33. The highest BCUT2D eigenvalue weighted by atomic mass is 16.2. The third kappa shape index (κ3) is 2.76. The average molecular weight is 325 g/mol. The minimum Gasteiger partial charge on any atom is -0.336 e. The first kappa shape index (κ1) is 14.8. The molecule has 3 aromatic rings. The summed E-state index contributed by atoms with van der Waals surface area (Å²) in [6.07, 6.45) is 9.00. The predicted molar refractivity (Wildman–Crippen MR) is 87.4 cm³/mol. The number of rotatable bonds is 3. The van der Waals surface area contributed by atoms with Crippen molar-refractivity contribution in [3.8, 4) is 0 Å². The second kappa shape index (κ2) is 6.04. The molecule has 4 rings (SSSR count). The van der Waals surface area contributed by atoms with Crippen molar-refractivity contribution in [2.24, 2.45) is 7.05 Å². The van der Waals surface area contributed by atoms with Gasteiger partial charge in [-0.1, -0.05) is 0 Å². The van der Waals surface area contributed by atoms with E-state index in [0.717, 1.165) is 19.6 Å². The van der Waals surface area contributed by atoms with Crippen LogP contribution in [-0.2, 0) is 13.6 Å². The van der Waals surface area contributed by atoms with Crippen LogP contribution in [0.5, 0.6) is 0 Å². The van der Waals surface area contributed by atoms with Crippen molar-refractivity contribution in [2.45, 2.75) is 6.54 Å². The van der Waals surface area contributed by atoms with Gasteiger partial charge in [0, 0.05) is 63.9 Å². The van der Waals surface area contributed by atoms with Gasteiger partial charge in [0.05, 0.1) is 12.4 Å². The van der Waals surface area contributed by atoms with E-state index in [4.69, 9.17) is 0 Å². The zero-order chi connectivity index (χ0) is 16.5. The summed E-state index contributed by atoms with van der Waals surface area (Å²) in [6.45, 7) is 4.00. The molecule has 24 heavy (non-hydrogen) atoms. The van der Waals surface area contributed by atoms with Gasteiger partial charge in [-0.05, 0) is 6.07 Å². The molecule has 1 aliphatic heterocycles. The number of amides is 1. The Bertz CT molecular complexity index is 860. The number of fused-ring (bicyclic) bond motifs is 1. The van der Waals surface area contributed by atoms with Crippen molar-refractivity contribution in [2.75, 3.05) is 26.2 Å². The third-order valence-corrected chi connectivity index (χ3v) is 4.33. The number of piperazine rings is 1. The lowest BCUT2D eigenvalue weighted by molar-refractivity contribution is 0.0630. The van der Waals surface area contributed by atoms with Crippen LogP contribution in [0.25, 0.3) is 5.65 Å². The van der Waals surface area contributed by atoms with Crippen LogP contribution >= 0.6 is 0 Å². The number of hydrogen-bond donors (Lipinski definition) is 0. The van der Waals surface area contributed by atoms with E-state index in [0.29, 0.717) is 24.3 Å². The number of carbonyl (C=O) groups excluding carboxylic acids is 1. The summed E-state index contributed by atoms with van der Waals surface area (Å²) in [6, 6.07) is 1.80. The van der Waals surface area contributed by atoms with Crippen LogP contribution in [-0.4, -0.2) is 66.3 Å². The highest BCUT2D eigenvalue weighted by Gasteiger charge is 2.25. The number of aryl methyl sites for hydroxylation is 1. The van der Waals surface area contributed by atoms with Crippen LogP contribution in [0.2, 0.25) is 0 Å². The molecular weight excluding hydrogens is 306 g/mol. The molecule has 0 atom stereocenters. The first-order valence-electron chi connectivity index (χ1n) is 7.98. The van der Waals surface area contributed by atoms with E-state index in [1.165, 1.54) is 5.56 Å². The topological polar surface area (TPSA) is 71.6 Å². The maximum absolute atomic E-state index is 12.7. The number of aromatic nitrogens is 5. The molecule has 1 aliphatic rings. The van der Waals surface area contributed by atoms with E-state index in [2.05, 4.69) is 20.1 Å². The minimum absolute atomic E-state index is 0.00438. The van der Waals surface area contributed by atoms with Gasteiger partial charge < -0.3 is 4.90 Å². The lowest BCUT2D eigenvalue weighted by atomic mass is 10.2. The second-order valence-electron chi connectivity index (χ2n) is 6.04. The van der Waals surface area contributed by atoms with Crippen LogP contribution in [0.3, 0.4) is 0 Å². The standard InChI is InChI=1S/C16H19N7O/c1-20-11-13(9-18-20)12-21-5-7-22(8-6-21)16(24)14-10-19-23-4-2-3-17-15(14)23/h2-4,9-11H,5-8,12H2,1H3. The molecule has 0 unspecified atom stereocenters. The van der Waals surface area contributed by atoms with Crippen LogP contribution < -0.4 is 0 Å². The van der Waals surface area contributed by atoms with Crippen molar-refractivity contribution in [3.05, 3.63) is 48.2 Å². The van der Waals surface area contributed by atoms with Crippen LogP contribution in [0, 0.1) is 0 Å². The summed E-state index contributed by atoms with van der Waals surface area (Å²) >= 11 is 0. The smallest absolute Gasteiger partial charge is 0.259 e. The molecule has 0 spiro atoms. The van der Waals surface area contributed by atoms with E-state index in [1.54, 1.807) is 29.2 Å². The molecule has 1 fully saturated rings. The minimum atomic E-state index is 0.00438. The summed E-state index contributed by atoms with van der Waals surface area (Å²) in [5, 5.41) is 8.39. The lowest BCUT2D eigenvalue weighted by Crippen LogP contribution is -2.48. The highest BCUT2D eigenvalue weighted by Crippen LogP contribution is 2.14. The Kier molecular flexibility index (Phi) is 3.73. The maximum Gasteiger partial charge on any atom is 0.259 e. The molecule has 0 saturated carbocycles. The average Bonchev–Trinajstić information content (AvgIpc) is 3.21. The SMILES string of the molecule is Cn1cc(CN2CCN(C(=O)c3cnn4cccnc34)CC2)cn1. The summed E-state index contributed by atoms with van der Waals surface area (Å²) in [5.74, 6) is 0.00438. The molecule has 4 heterocycles. The van der Waals surface area contributed by atoms with E-state index < -0.39 is 0 Å². The Hall–Kier alpha value is -2.74. The Morgan fingerprint density at radius 2 is 2.00 bits per heavy atom. The zero-order valence-corrected chi connectivity index (χ0v) is 13.5. The lowest BCUT2D eigenvalue weighted by Gasteiger charge is -2.34. The van der Waals surface area contributed by atoms with Gasteiger partial charge in [0.15, 0.2) is 5.65 Å². The van der Waals surface area contributed by atoms with Gasteiger partial charge in [-0.3, -0.25) is 14.4 Å². The van der Waals surface area contributed by atoms with Gasteiger partial charge in [0.25, 0.3) is 5.91 Å². The Morgan fingerprint density at radius 3 is 2.75 bits per heavy atom. The largest absolute Gasteiger partial charge is 0.336 e. The van der Waals surface area contributed by atoms with Gasteiger partial charge in [0.1, 0.15) is 5.56 Å². The van der Waals surface area contributed by atoms with Gasteiger partial charge in [-0.25, -0.2) is 9.50 Å². The molecule has 0 N–H and O–H groups in total. The van der Waals surface area contributed by atoms with E-state index in [1.807, 2.05) is 29.0 Å². The summed E-state index contributed by atoms with van der Waals surface area (Å²) in [7, 11) is 1.92.